The highest BCUT2D eigenvalue weighted by atomic mass is 35.5. The second-order valence-electron chi connectivity index (χ2n) is 3.92. The van der Waals surface area contributed by atoms with Gasteiger partial charge >= 0.3 is 5.97 Å². The first kappa shape index (κ1) is 13.9. The molecule has 1 aromatic rings. The maximum atomic E-state index is 13.4. The van der Waals surface area contributed by atoms with Gasteiger partial charge in [-0.25, -0.2) is 9.18 Å². The first-order valence-corrected chi connectivity index (χ1v) is 6.28. The molecule has 1 aliphatic rings. The largest absolute Gasteiger partial charge is 0.480 e. The molecule has 4 nitrogen and oxygen atoms in total. The third-order valence-electron chi connectivity index (χ3n) is 2.34. The summed E-state index contributed by atoms with van der Waals surface area (Å²) in [4.78, 5) is 14.9. The SMILES string of the molecule is O=C(COc1cc(N=C=S)c(F)cc1Cl)OC1CC1. The summed E-state index contributed by atoms with van der Waals surface area (Å²) in [5.41, 5.74) is -0.0510. The van der Waals surface area contributed by atoms with Gasteiger partial charge in [0.15, 0.2) is 12.4 Å². The van der Waals surface area contributed by atoms with Crippen molar-refractivity contribution in [1.82, 2.24) is 0 Å². The van der Waals surface area contributed by atoms with Gasteiger partial charge in [-0.1, -0.05) is 11.6 Å². The minimum Gasteiger partial charge on any atom is -0.480 e. The van der Waals surface area contributed by atoms with Crippen molar-refractivity contribution in [3.63, 3.8) is 0 Å². The molecule has 0 saturated heterocycles. The number of hydrogen-bond acceptors (Lipinski definition) is 5. The molecule has 7 heteroatoms. The number of rotatable bonds is 5. The van der Waals surface area contributed by atoms with Crippen molar-refractivity contribution in [2.75, 3.05) is 6.61 Å². The molecule has 0 aromatic heterocycles. The number of thiocarbonyl (C=S) groups is 1. The Hall–Kier alpha value is -1.49. The molecule has 1 aromatic carbocycles. The lowest BCUT2D eigenvalue weighted by Gasteiger charge is -2.08. The standard InChI is InChI=1S/C12H9ClFNO3S/c13-8-3-9(14)10(15-6-19)4-11(8)17-5-12(16)18-7-1-2-7/h3-4,7H,1-2,5H2. The fourth-order valence-corrected chi connectivity index (χ4v) is 1.61. The van der Waals surface area contributed by atoms with Crippen molar-refractivity contribution in [2.24, 2.45) is 4.99 Å². The van der Waals surface area contributed by atoms with Gasteiger partial charge in [0.1, 0.15) is 17.5 Å². The Kier molecular flexibility index (Phi) is 4.47. The number of isothiocyanates is 1. The van der Waals surface area contributed by atoms with Crippen molar-refractivity contribution < 1.29 is 18.7 Å². The monoisotopic (exact) mass is 301 g/mol. The second kappa shape index (κ2) is 6.10. The summed E-state index contributed by atoms with van der Waals surface area (Å²) in [7, 11) is 0. The van der Waals surface area contributed by atoms with E-state index in [2.05, 4.69) is 17.2 Å². The van der Waals surface area contributed by atoms with Crippen molar-refractivity contribution in [1.29, 1.82) is 0 Å². The lowest BCUT2D eigenvalue weighted by Crippen LogP contribution is -2.16. The van der Waals surface area contributed by atoms with Gasteiger partial charge in [-0.3, -0.25) is 0 Å². The van der Waals surface area contributed by atoms with E-state index in [9.17, 15) is 9.18 Å². The average molecular weight is 302 g/mol. The van der Waals surface area contributed by atoms with Crippen molar-refractivity contribution in [3.8, 4) is 5.75 Å². The van der Waals surface area contributed by atoms with Gasteiger partial charge in [0, 0.05) is 6.07 Å². The molecule has 0 N–H and O–H groups in total. The van der Waals surface area contributed by atoms with E-state index in [1.165, 1.54) is 6.07 Å². The molecule has 0 atom stereocenters. The van der Waals surface area contributed by atoms with E-state index in [1.807, 2.05) is 5.16 Å². The van der Waals surface area contributed by atoms with E-state index in [0.29, 0.717) is 0 Å². The van der Waals surface area contributed by atoms with Gasteiger partial charge in [-0.2, -0.15) is 4.99 Å². The molecule has 19 heavy (non-hydrogen) atoms. The summed E-state index contributed by atoms with van der Waals surface area (Å²) in [5, 5.41) is 2.09. The van der Waals surface area contributed by atoms with Crippen LogP contribution in [-0.4, -0.2) is 23.8 Å². The molecular formula is C12H9ClFNO3S. The minimum absolute atomic E-state index is 0.00904. The van der Waals surface area contributed by atoms with Gasteiger partial charge in [0.05, 0.1) is 10.2 Å². The summed E-state index contributed by atoms with van der Waals surface area (Å²) in [5.74, 6) is -0.988. The van der Waals surface area contributed by atoms with E-state index in [-0.39, 0.29) is 29.2 Å². The molecule has 100 valence electrons. The van der Waals surface area contributed by atoms with Crippen LogP contribution in [0.3, 0.4) is 0 Å². The van der Waals surface area contributed by atoms with Gasteiger partial charge in [0.25, 0.3) is 0 Å². The first-order chi connectivity index (χ1) is 9.10. The highest BCUT2D eigenvalue weighted by Crippen LogP contribution is 2.32. The van der Waals surface area contributed by atoms with Gasteiger partial charge in [-0.15, -0.1) is 0 Å². The zero-order valence-corrected chi connectivity index (χ0v) is 11.3. The highest BCUT2D eigenvalue weighted by molar-refractivity contribution is 7.78. The van der Waals surface area contributed by atoms with Crippen LogP contribution >= 0.6 is 23.8 Å². The number of esters is 1. The molecule has 2 rings (SSSR count). The number of halogens is 2. The number of benzene rings is 1. The molecule has 0 aliphatic heterocycles. The van der Waals surface area contributed by atoms with E-state index < -0.39 is 11.8 Å². The van der Waals surface area contributed by atoms with Crippen LogP contribution in [-0.2, 0) is 9.53 Å². The summed E-state index contributed by atoms with van der Waals surface area (Å²) in [6.45, 7) is -0.289. The van der Waals surface area contributed by atoms with Crippen LogP contribution in [0, 0.1) is 5.82 Å². The first-order valence-electron chi connectivity index (χ1n) is 5.49. The van der Waals surface area contributed by atoms with E-state index in [0.717, 1.165) is 18.9 Å². The van der Waals surface area contributed by atoms with Crippen molar-refractivity contribution in [3.05, 3.63) is 23.0 Å². The fourth-order valence-electron chi connectivity index (χ4n) is 1.31. The number of carbonyl (C=O) groups excluding carboxylic acids is 1. The molecule has 1 fully saturated rings. The third-order valence-corrected chi connectivity index (χ3v) is 2.72. The summed E-state index contributed by atoms with van der Waals surface area (Å²) in [6.07, 6.45) is 1.78. The molecule has 0 heterocycles. The Bertz CT molecular complexity index is 556. The van der Waals surface area contributed by atoms with E-state index >= 15 is 0 Å². The lowest BCUT2D eigenvalue weighted by molar-refractivity contribution is -0.147. The summed E-state index contributed by atoms with van der Waals surface area (Å²) in [6, 6.07) is 2.29. The molecule has 0 spiro atoms. The van der Waals surface area contributed by atoms with Crippen LogP contribution in [0.5, 0.6) is 5.75 Å². The summed E-state index contributed by atoms with van der Waals surface area (Å²) < 4.78 is 23.6. The van der Waals surface area contributed by atoms with Gasteiger partial charge < -0.3 is 9.47 Å². The zero-order valence-electron chi connectivity index (χ0n) is 9.69. The highest BCUT2D eigenvalue weighted by Gasteiger charge is 2.26. The number of hydrogen-bond donors (Lipinski definition) is 0. The molecular weight excluding hydrogens is 293 g/mol. The maximum absolute atomic E-state index is 13.4. The molecule has 0 radical (unpaired) electrons. The number of ether oxygens (including phenoxy) is 2. The van der Waals surface area contributed by atoms with E-state index in [1.54, 1.807) is 0 Å². The Balaban J connectivity index is 2.03. The number of aliphatic imine (C=N–C) groups is 1. The predicted molar refractivity (Wildman–Crippen MR) is 70.7 cm³/mol. The quantitative estimate of drug-likeness (QED) is 0.476. The van der Waals surface area contributed by atoms with Crippen LogP contribution in [0.4, 0.5) is 10.1 Å². The average Bonchev–Trinajstić information content (AvgIpc) is 3.15. The topological polar surface area (TPSA) is 47.9 Å². The summed E-state index contributed by atoms with van der Waals surface area (Å²) >= 11 is 10.2. The van der Waals surface area contributed by atoms with Gasteiger partial charge in [-0.05, 0) is 31.1 Å². The van der Waals surface area contributed by atoms with Crippen molar-refractivity contribution >= 4 is 40.6 Å². The van der Waals surface area contributed by atoms with Crippen LogP contribution in [0.25, 0.3) is 0 Å². The van der Waals surface area contributed by atoms with Crippen LogP contribution in [0.1, 0.15) is 12.8 Å². The Morgan fingerprint density at radius 2 is 2.32 bits per heavy atom. The van der Waals surface area contributed by atoms with Crippen LogP contribution in [0.2, 0.25) is 5.02 Å². The maximum Gasteiger partial charge on any atom is 0.344 e. The minimum atomic E-state index is -0.643. The number of carbonyl (C=O) groups is 1. The van der Waals surface area contributed by atoms with Crippen LogP contribution < -0.4 is 4.74 Å². The number of nitrogens with zero attached hydrogens (tertiary/aromatic N) is 1. The van der Waals surface area contributed by atoms with Gasteiger partial charge in [0.2, 0.25) is 0 Å². The van der Waals surface area contributed by atoms with E-state index in [4.69, 9.17) is 21.1 Å². The Morgan fingerprint density at radius 3 is 2.95 bits per heavy atom. The van der Waals surface area contributed by atoms with Crippen molar-refractivity contribution in [2.45, 2.75) is 18.9 Å². The Morgan fingerprint density at radius 1 is 1.58 bits per heavy atom. The fraction of sp³-hybridized carbons (Fsp3) is 0.333. The molecule has 1 aliphatic carbocycles. The molecule has 0 unspecified atom stereocenters. The lowest BCUT2D eigenvalue weighted by atomic mass is 10.3. The second-order valence-corrected chi connectivity index (χ2v) is 4.50. The molecule has 0 amide bonds. The van der Waals surface area contributed by atoms with Crippen LogP contribution in [0.15, 0.2) is 17.1 Å². The molecule has 1 saturated carbocycles. The normalized spacial score (nSPS) is 13.6. The predicted octanol–water partition coefficient (Wildman–Crippen LogP) is 3.30. The third kappa shape index (κ3) is 3.99. The zero-order chi connectivity index (χ0) is 13.8. The Labute approximate surface area is 119 Å². The molecule has 0 bridgehead atoms. The smallest absolute Gasteiger partial charge is 0.344 e.